The van der Waals surface area contributed by atoms with Gasteiger partial charge >= 0.3 is 0 Å². The van der Waals surface area contributed by atoms with Crippen LogP contribution in [0.3, 0.4) is 0 Å². The first-order valence-corrected chi connectivity index (χ1v) is 8.29. The molecule has 0 saturated heterocycles. The average Bonchev–Trinajstić information content (AvgIpc) is 3.05. The number of aromatic amines is 1. The van der Waals surface area contributed by atoms with Gasteiger partial charge in [-0.3, -0.25) is 10.00 Å². The van der Waals surface area contributed by atoms with Crippen LogP contribution in [0.4, 0.5) is 0 Å². The highest BCUT2D eigenvalue weighted by Crippen LogP contribution is 2.24. The van der Waals surface area contributed by atoms with E-state index in [2.05, 4.69) is 27.2 Å². The summed E-state index contributed by atoms with van der Waals surface area (Å²) in [4.78, 5) is 2.21. The predicted octanol–water partition coefficient (Wildman–Crippen LogP) is 3.72. The highest BCUT2D eigenvalue weighted by molar-refractivity contribution is 6.30. The van der Waals surface area contributed by atoms with Crippen LogP contribution in [-0.4, -0.2) is 33.4 Å². The van der Waals surface area contributed by atoms with Gasteiger partial charge in [-0.2, -0.15) is 5.10 Å². The maximum Gasteiger partial charge on any atom is 0.0695 e. The average molecular weight is 342 g/mol. The first-order valence-electron chi connectivity index (χ1n) is 7.91. The van der Waals surface area contributed by atoms with Gasteiger partial charge in [-0.25, -0.2) is 0 Å². The molecule has 3 aromatic rings. The number of hydrogen-bond donors (Lipinski definition) is 2. The van der Waals surface area contributed by atoms with Crippen LogP contribution in [0, 0.1) is 0 Å². The van der Waals surface area contributed by atoms with E-state index in [1.165, 1.54) is 5.56 Å². The molecule has 0 saturated carbocycles. The predicted molar refractivity (Wildman–Crippen MR) is 96.7 cm³/mol. The zero-order chi connectivity index (χ0) is 16.8. The van der Waals surface area contributed by atoms with Crippen LogP contribution >= 0.6 is 11.6 Å². The second-order valence-corrected chi connectivity index (χ2v) is 6.13. The van der Waals surface area contributed by atoms with Gasteiger partial charge in [0.1, 0.15) is 0 Å². The Balaban J connectivity index is 1.78. The number of aliphatic hydroxyl groups is 1. The SMILES string of the molecule is OCCN(Cc1ccccc1)Cc1cn[nH]c1-c1ccc(Cl)cc1. The summed E-state index contributed by atoms with van der Waals surface area (Å²) in [5, 5.41) is 17.4. The van der Waals surface area contributed by atoms with Crippen molar-refractivity contribution < 1.29 is 5.11 Å². The van der Waals surface area contributed by atoms with E-state index >= 15 is 0 Å². The number of benzene rings is 2. The zero-order valence-corrected chi connectivity index (χ0v) is 14.1. The Bertz CT molecular complexity index is 756. The van der Waals surface area contributed by atoms with Crippen molar-refractivity contribution in [2.45, 2.75) is 13.1 Å². The summed E-state index contributed by atoms with van der Waals surface area (Å²) in [6, 6.07) is 18.0. The van der Waals surface area contributed by atoms with Crippen molar-refractivity contribution in [3.63, 3.8) is 0 Å². The Morgan fingerprint density at radius 3 is 2.46 bits per heavy atom. The molecule has 0 atom stereocenters. The minimum Gasteiger partial charge on any atom is -0.395 e. The number of halogens is 1. The molecule has 4 nitrogen and oxygen atoms in total. The van der Waals surface area contributed by atoms with E-state index in [0.29, 0.717) is 18.1 Å². The summed E-state index contributed by atoms with van der Waals surface area (Å²) < 4.78 is 0. The van der Waals surface area contributed by atoms with Crippen molar-refractivity contribution in [1.29, 1.82) is 0 Å². The number of nitrogens with one attached hydrogen (secondary N) is 1. The van der Waals surface area contributed by atoms with Gasteiger partial charge in [0.15, 0.2) is 0 Å². The molecule has 0 radical (unpaired) electrons. The third kappa shape index (κ3) is 4.23. The quantitative estimate of drug-likeness (QED) is 0.688. The van der Waals surface area contributed by atoms with Gasteiger partial charge in [0, 0.05) is 30.2 Å². The molecule has 1 heterocycles. The van der Waals surface area contributed by atoms with E-state index in [1.807, 2.05) is 48.7 Å². The summed E-state index contributed by atoms with van der Waals surface area (Å²) in [5.74, 6) is 0. The van der Waals surface area contributed by atoms with Gasteiger partial charge < -0.3 is 5.11 Å². The topological polar surface area (TPSA) is 52.1 Å². The Kier molecular flexibility index (Phi) is 5.64. The van der Waals surface area contributed by atoms with Gasteiger partial charge in [-0.1, -0.05) is 54.1 Å². The molecule has 2 N–H and O–H groups in total. The lowest BCUT2D eigenvalue weighted by Crippen LogP contribution is -2.26. The monoisotopic (exact) mass is 341 g/mol. The largest absolute Gasteiger partial charge is 0.395 e. The Morgan fingerprint density at radius 1 is 1.00 bits per heavy atom. The molecular weight excluding hydrogens is 322 g/mol. The van der Waals surface area contributed by atoms with Gasteiger partial charge in [0.05, 0.1) is 18.5 Å². The number of H-pyrrole nitrogens is 1. The molecule has 3 rings (SSSR count). The molecule has 2 aromatic carbocycles. The molecule has 0 aliphatic rings. The van der Waals surface area contributed by atoms with E-state index in [-0.39, 0.29) is 6.61 Å². The highest BCUT2D eigenvalue weighted by Gasteiger charge is 2.13. The fraction of sp³-hybridized carbons (Fsp3) is 0.211. The van der Waals surface area contributed by atoms with Crippen LogP contribution in [0.2, 0.25) is 5.02 Å². The van der Waals surface area contributed by atoms with Crippen LogP contribution in [0.25, 0.3) is 11.3 Å². The molecular formula is C19H20ClN3O. The normalized spacial score (nSPS) is 11.1. The van der Waals surface area contributed by atoms with Crippen LogP contribution in [0.15, 0.2) is 60.8 Å². The third-order valence-corrected chi connectivity index (χ3v) is 4.16. The van der Waals surface area contributed by atoms with Crippen LogP contribution in [0.5, 0.6) is 0 Å². The first-order chi connectivity index (χ1) is 11.8. The van der Waals surface area contributed by atoms with E-state index in [9.17, 15) is 5.11 Å². The van der Waals surface area contributed by atoms with Crippen molar-refractivity contribution in [2.75, 3.05) is 13.2 Å². The standard InChI is InChI=1S/C19H20ClN3O/c20-18-8-6-16(7-9-18)19-17(12-21-22-19)14-23(10-11-24)13-15-4-2-1-3-5-15/h1-9,12,24H,10-11,13-14H2,(H,21,22). The molecule has 24 heavy (non-hydrogen) atoms. The summed E-state index contributed by atoms with van der Waals surface area (Å²) >= 11 is 5.97. The van der Waals surface area contributed by atoms with Crippen molar-refractivity contribution in [2.24, 2.45) is 0 Å². The van der Waals surface area contributed by atoms with E-state index in [0.717, 1.165) is 23.4 Å². The lowest BCUT2D eigenvalue weighted by atomic mass is 10.1. The van der Waals surface area contributed by atoms with Crippen molar-refractivity contribution >= 4 is 11.6 Å². The van der Waals surface area contributed by atoms with Gasteiger partial charge in [0.2, 0.25) is 0 Å². The Hall–Kier alpha value is -2.14. The number of nitrogens with zero attached hydrogens (tertiary/aromatic N) is 2. The first kappa shape index (κ1) is 16.7. The number of rotatable bonds is 7. The minimum atomic E-state index is 0.126. The van der Waals surface area contributed by atoms with Crippen molar-refractivity contribution in [1.82, 2.24) is 15.1 Å². The summed E-state index contributed by atoms with van der Waals surface area (Å²) in [6.45, 7) is 2.23. The minimum absolute atomic E-state index is 0.126. The fourth-order valence-electron chi connectivity index (χ4n) is 2.74. The molecule has 1 aromatic heterocycles. The summed E-state index contributed by atoms with van der Waals surface area (Å²) in [7, 11) is 0. The Labute approximate surface area is 146 Å². The van der Waals surface area contributed by atoms with Crippen molar-refractivity contribution in [3.05, 3.63) is 76.9 Å². The molecule has 0 aliphatic carbocycles. The van der Waals surface area contributed by atoms with E-state index in [4.69, 9.17) is 11.6 Å². The molecule has 0 aliphatic heterocycles. The Morgan fingerprint density at radius 2 is 1.75 bits per heavy atom. The molecule has 124 valence electrons. The van der Waals surface area contributed by atoms with Crippen LogP contribution in [-0.2, 0) is 13.1 Å². The van der Waals surface area contributed by atoms with Crippen LogP contribution in [0.1, 0.15) is 11.1 Å². The van der Waals surface area contributed by atoms with Gasteiger partial charge in [0.25, 0.3) is 0 Å². The smallest absolute Gasteiger partial charge is 0.0695 e. The maximum absolute atomic E-state index is 9.38. The molecule has 0 amide bonds. The molecule has 0 fully saturated rings. The molecule has 5 heteroatoms. The van der Waals surface area contributed by atoms with Crippen molar-refractivity contribution in [3.8, 4) is 11.3 Å². The number of hydrogen-bond acceptors (Lipinski definition) is 3. The van der Waals surface area contributed by atoms with Gasteiger partial charge in [-0.05, 0) is 23.3 Å². The lowest BCUT2D eigenvalue weighted by molar-refractivity contribution is 0.184. The highest BCUT2D eigenvalue weighted by atomic mass is 35.5. The molecule has 0 spiro atoms. The van der Waals surface area contributed by atoms with E-state index < -0.39 is 0 Å². The number of aliphatic hydroxyl groups excluding tert-OH is 1. The zero-order valence-electron chi connectivity index (χ0n) is 13.3. The van der Waals surface area contributed by atoms with Crippen LogP contribution < -0.4 is 0 Å². The second kappa shape index (κ2) is 8.11. The summed E-state index contributed by atoms with van der Waals surface area (Å²) in [5.41, 5.74) is 4.36. The fourth-order valence-corrected chi connectivity index (χ4v) is 2.86. The maximum atomic E-state index is 9.38. The third-order valence-electron chi connectivity index (χ3n) is 3.91. The van der Waals surface area contributed by atoms with E-state index in [1.54, 1.807) is 0 Å². The molecule has 0 bridgehead atoms. The molecule has 0 unspecified atom stereocenters. The number of aromatic nitrogens is 2. The second-order valence-electron chi connectivity index (χ2n) is 5.70. The van der Waals surface area contributed by atoms with Gasteiger partial charge in [-0.15, -0.1) is 0 Å². The summed E-state index contributed by atoms with van der Waals surface area (Å²) in [6.07, 6.45) is 1.85. The lowest BCUT2D eigenvalue weighted by Gasteiger charge is -2.21.